The van der Waals surface area contributed by atoms with Crippen LogP contribution in [0.5, 0.6) is 0 Å². The molecule has 4 nitrogen and oxygen atoms in total. The van der Waals surface area contributed by atoms with Crippen molar-refractivity contribution in [2.45, 2.75) is 33.7 Å². The lowest BCUT2D eigenvalue weighted by Crippen LogP contribution is -2.37. The molecule has 0 aliphatic heterocycles. The first kappa shape index (κ1) is 12.2. The Bertz CT molecular complexity index is 176. The molecular weight excluding hydrogens is 166 g/mol. The summed E-state index contributed by atoms with van der Waals surface area (Å²) in [6.45, 7) is 8.54. The number of hydrogen-bond donors (Lipinski definition) is 3. The van der Waals surface area contributed by atoms with E-state index >= 15 is 0 Å². The normalized spacial score (nSPS) is 13.5. The molecule has 0 spiro atoms. The molecule has 0 aromatic carbocycles. The van der Waals surface area contributed by atoms with E-state index in [2.05, 4.69) is 10.3 Å². The van der Waals surface area contributed by atoms with Gasteiger partial charge < -0.3 is 16.2 Å². The Morgan fingerprint density at radius 1 is 1.54 bits per heavy atom. The molecule has 13 heavy (non-hydrogen) atoms. The summed E-state index contributed by atoms with van der Waals surface area (Å²) < 4.78 is 0. The number of hydrogen-bond acceptors (Lipinski definition) is 2. The number of nitrogens with one attached hydrogen (secondary N) is 1. The lowest BCUT2D eigenvalue weighted by molar-refractivity contribution is 0.167. The smallest absolute Gasteiger partial charge is 0.188 e. The minimum atomic E-state index is -0.191. The largest absolute Gasteiger partial charge is 0.396 e. The van der Waals surface area contributed by atoms with E-state index in [1.807, 2.05) is 27.7 Å². The maximum absolute atomic E-state index is 8.96. The molecule has 0 heterocycles. The van der Waals surface area contributed by atoms with Crippen LogP contribution >= 0.6 is 0 Å². The zero-order valence-electron chi connectivity index (χ0n) is 8.96. The van der Waals surface area contributed by atoms with Crippen LogP contribution in [0.3, 0.4) is 0 Å². The van der Waals surface area contributed by atoms with Gasteiger partial charge in [-0.2, -0.15) is 0 Å². The fourth-order valence-corrected chi connectivity index (χ4v) is 0.691. The summed E-state index contributed by atoms with van der Waals surface area (Å²) >= 11 is 0. The molecule has 0 radical (unpaired) electrons. The zero-order chi connectivity index (χ0) is 10.5. The predicted molar refractivity (Wildman–Crippen MR) is 55.6 cm³/mol. The fraction of sp³-hybridized carbons (Fsp3) is 0.889. The van der Waals surface area contributed by atoms with Crippen molar-refractivity contribution in [2.24, 2.45) is 16.1 Å². The maximum atomic E-state index is 8.96. The van der Waals surface area contributed by atoms with Crippen LogP contribution in [0.1, 0.15) is 27.7 Å². The van der Waals surface area contributed by atoms with Crippen molar-refractivity contribution in [1.82, 2.24) is 5.32 Å². The molecule has 4 N–H and O–H groups in total. The summed E-state index contributed by atoms with van der Waals surface area (Å²) in [5.41, 5.74) is 5.40. The van der Waals surface area contributed by atoms with Gasteiger partial charge in [0, 0.05) is 18.1 Å². The quantitative estimate of drug-likeness (QED) is 0.438. The highest BCUT2D eigenvalue weighted by atomic mass is 16.3. The number of rotatable bonds is 4. The van der Waals surface area contributed by atoms with Gasteiger partial charge in [0.1, 0.15) is 0 Å². The van der Waals surface area contributed by atoms with Crippen molar-refractivity contribution in [1.29, 1.82) is 0 Å². The van der Waals surface area contributed by atoms with Crippen LogP contribution in [0.2, 0.25) is 0 Å². The fourth-order valence-electron chi connectivity index (χ4n) is 0.691. The van der Waals surface area contributed by atoms with Gasteiger partial charge in [-0.25, -0.2) is 0 Å². The van der Waals surface area contributed by atoms with E-state index in [4.69, 9.17) is 10.8 Å². The highest BCUT2D eigenvalue weighted by molar-refractivity contribution is 5.78. The topological polar surface area (TPSA) is 70.6 Å². The number of guanidine groups is 1. The van der Waals surface area contributed by atoms with Gasteiger partial charge in [0.05, 0.1) is 6.54 Å². The van der Waals surface area contributed by atoms with E-state index in [-0.39, 0.29) is 12.0 Å². The maximum Gasteiger partial charge on any atom is 0.188 e. The number of aliphatic hydroxyl groups is 1. The van der Waals surface area contributed by atoms with Gasteiger partial charge in [-0.3, -0.25) is 4.99 Å². The number of nitrogens with zero attached hydrogens (tertiary/aromatic N) is 1. The lowest BCUT2D eigenvalue weighted by atomic mass is 9.95. The number of nitrogens with two attached hydrogens (primary N) is 1. The molecule has 0 unspecified atom stereocenters. The molecule has 0 aromatic rings. The van der Waals surface area contributed by atoms with Crippen LogP contribution < -0.4 is 11.1 Å². The SMILES string of the molecule is CC(C)NC(N)=NCC(C)(C)CO. The van der Waals surface area contributed by atoms with Crippen molar-refractivity contribution in [3.63, 3.8) is 0 Å². The Kier molecular flexibility index (Phi) is 4.77. The summed E-state index contributed by atoms with van der Waals surface area (Å²) in [6, 6.07) is 0.293. The van der Waals surface area contributed by atoms with E-state index in [0.717, 1.165) is 0 Å². The van der Waals surface area contributed by atoms with E-state index < -0.39 is 0 Å². The Hall–Kier alpha value is -0.770. The minimum Gasteiger partial charge on any atom is -0.396 e. The van der Waals surface area contributed by atoms with Crippen LogP contribution in [0, 0.1) is 5.41 Å². The standard InChI is InChI=1S/C9H21N3O/c1-7(2)12-8(10)11-5-9(3,4)6-13/h7,13H,5-6H2,1-4H3,(H3,10,11,12). The van der Waals surface area contributed by atoms with Gasteiger partial charge in [0.15, 0.2) is 5.96 Å². The molecule has 0 rings (SSSR count). The molecule has 0 atom stereocenters. The summed E-state index contributed by atoms with van der Waals surface area (Å²) in [4.78, 5) is 4.13. The number of aliphatic hydroxyl groups excluding tert-OH is 1. The molecule has 0 bridgehead atoms. The van der Waals surface area contributed by atoms with Gasteiger partial charge in [-0.05, 0) is 13.8 Å². The molecule has 0 amide bonds. The Labute approximate surface area is 80.2 Å². The third-order valence-electron chi connectivity index (χ3n) is 1.54. The van der Waals surface area contributed by atoms with Gasteiger partial charge >= 0.3 is 0 Å². The second-order valence-corrected chi connectivity index (χ2v) is 4.32. The Balaban J connectivity index is 3.96. The van der Waals surface area contributed by atoms with E-state index in [1.54, 1.807) is 0 Å². The van der Waals surface area contributed by atoms with Gasteiger partial charge in [0.2, 0.25) is 0 Å². The van der Waals surface area contributed by atoms with Crippen molar-refractivity contribution >= 4 is 5.96 Å². The average molecular weight is 187 g/mol. The van der Waals surface area contributed by atoms with E-state index in [0.29, 0.717) is 18.5 Å². The third kappa shape index (κ3) is 6.40. The Morgan fingerprint density at radius 3 is 2.46 bits per heavy atom. The molecule has 0 fully saturated rings. The molecule has 0 aliphatic carbocycles. The summed E-state index contributed by atoms with van der Waals surface area (Å²) in [5, 5.41) is 11.9. The molecule has 0 saturated carbocycles. The molecule has 0 saturated heterocycles. The lowest BCUT2D eigenvalue weighted by Gasteiger charge is -2.19. The van der Waals surface area contributed by atoms with Crippen molar-refractivity contribution < 1.29 is 5.11 Å². The molecule has 0 aliphatic rings. The first-order chi connectivity index (χ1) is 5.87. The van der Waals surface area contributed by atoms with Crippen LogP contribution in [0.4, 0.5) is 0 Å². The second-order valence-electron chi connectivity index (χ2n) is 4.32. The summed E-state index contributed by atoms with van der Waals surface area (Å²) in [7, 11) is 0. The van der Waals surface area contributed by atoms with E-state index in [9.17, 15) is 0 Å². The second kappa shape index (κ2) is 5.07. The van der Waals surface area contributed by atoms with Crippen LogP contribution in [0.25, 0.3) is 0 Å². The molecule has 4 heteroatoms. The van der Waals surface area contributed by atoms with Gasteiger partial charge in [-0.1, -0.05) is 13.8 Å². The minimum absolute atomic E-state index is 0.117. The highest BCUT2D eigenvalue weighted by Gasteiger charge is 2.15. The summed E-state index contributed by atoms with van der Waals surface area (Å²) in [6.07, 6.45) is 0. The van der Waals surface area contributed by atoms with Crippen LogP contribution in [0.15, 0.2) is 4.99 Å². The van der Waals surface area contributed by atoms with Crippen molar-refractivity contribution in [3.8, 4) is 0 Å². The van der Waals surface area contributed by atoms with Crippen molar-refractivity contribution in [2.75, 3.05) is 13.2 Å². The zero-order valence-corrected chi connectivity index (χ0v) is 8.96. The monoisotopic (exact) mass is 187 g/mol. The first-order valence-electron chi connectivity index (χ1n) is 4.55. The average Bonchev–Trinajstić information content (AvgIpc) is 2.00. The predicted octanol–water partition coefficient (Wildman–Crippen LogP) is 0.318. The van der Waals surface area contributed by atoms with Crippen LogP contribution in [-0.2, 0) is 0 Å². The molecule has 78 valence electrons. The van der Waals surface area contributed by atoms with Crippen molar-refractivity contribution in [3.05, 3.63) is 0 Å². The summed E-state index contributed by atoms with van der Waals surface area (Å²) in [5.74, 6) is 0.441. The Morgan fingerprint density at radius 2 is 2.08 bits per heavy atom. The molecule has 0 aromatic heterocycles. The van der Waals surface area contributed by atoms with Gasteiger partial charge in [0.25, 0.3) is 0 Å². The number of aliphatic imine (C=N–C) groups is 1. The van der Waals surface area contributed by atoms with E-state index in [1.165, 1.54) is 0 Å². The highest BCUT2D eigenvalue weighted by Crippen LogP contribution is 2.12. The third-order valence-corrected chi connectivity index (χ3v) is 1.54. The van der Waals surface area contributed by atoms with Gasteiger partial charge in [-0.15, -0.1) is 0 Å². The first-order valence-corrected chi connectivity index (χ1v) is 4.55. The van der Waals surface area contributed by atoms with Crippen LogP contribution in [-0.4, -0.2) is 30.3 Å². The molecular formula is C9H21N3O.